The van der Waals surface area contributed by atoms with Crippen molar-refractivity contribution >= 4 is 5.97 Å². The number of aromatic nitrogens is 2. The van der Waals surface area contributed by atoms with Gasteiger partial charge in [0.05, 0.1) is 24.4 Å². The average molecular weight is 223 g/mol. The lowest BCUT2D eigenvalue weighted by atomic mass is 10.4. The van der Waals surface area contributed by atoms with Crippen LogP contribution in [0.2, 0.25) is 0 Å². The van der Waals surface area contributed by atoms with Crippen LogP contribution in [0.4, 0.5) is 0 Å². The fourth-order valence-electron chi connectivity index (χ4n) is 1.15. The van der Waals surface area contributed by atoms with Crippen LogP contribution in [0.3, 0.4) is 0 Å². The topological polar surface area (TPSA) is 64.1 Å². The maximum absolute atomic E-state index is 11.0. The van der Waals surface area contributed by atoms with Crippen LogP contribution in [0.5, 0.6) is 0 Å². The Morgan fingerprint density at radius 1 is 1.44 bits per heavy atom. The summed E-state index contributed by atoms with van der Waals surface area (Å²) in [4.78, 5) is 19.3. The fourth-order valence-corrected chi connectivity index (χ4v) is 1.15. The van der Waals surface area contributed by atoms with Crippen molar-refractivity contribution < 1.29 is 9.53 Å². The van der Waals surface area contributed by atoms with Gasteiger partial charge < -0.3 is 10.1 Å². The molecule has 0 amide bonds. The molecule has 0 saturated carbocycles. The zero-order valence-electron chi connectivity index (χ0n) is 9.69. The number of carbonyl (C=O) groups excluding carboxylic acids is 1. The van der Waals surface area contributed by atoms with Gasteiger partial charge in [0.2, 0.25) is 0 Å². The van der Waals surface area contributed by atoms with Crippen molar-refractivity contribution in [3.8, 4) is 0 Å². The molecule has 1 N–H and O–H groups in total. The third kappa shape index (κ3) is 4.84. The Morgan fingerprint density at radius 2 is 2.25 bits per heavy atom. The van der Waals surface area contributed by atoms with Gasteiger partial charge in [-0.15, -0.1) is 0 Å². The number of aryl methyl sites for hydroxylation is 1. The monoisotopic (exact) mass is 223 g/mol. The van der Waals surface area contributed by atoms with Gasteiger partial charge in [0.1, 0.15) is 0 Å². The number of esters is 1. The van der Waals surface area contributed by atoms with Gasteiger partial charge in [0, 0.05) is 25.5 Å². The van der Waals surface area contributed by atoms with E-state index < -0.39 is 0 Å². The van der Waals surface area contributed by atoms with Crippen molar-refractivity contribution in [1.29, 1.82) is 0 Å². The smallest absolute Gasteiger partial charge is 0.307 e. The number of nitrogens with zero attached hydrogens (tertiary/aromatic N) is 2. The Balaban J connectivity index is 2.16. The molecule has 0 aliphatic heterocycles. The van der Waals surface area contributed by atoms with Gasteiger partial charge in [-0.05, 0) is 13.8 Å². The maximum atomic E-state index is 11.0. The first-order chi connectivity index (χ1) is 7.72. The lowest BCUT2D eigenvalue weighted by molar-refractivity contribution is -0.142. The number of rotatable bonds is 6. The summed E-state index contributed by atoms with van der Waals surface area (Å²) >= 11 is 0. The molecule has 0 bridgehead atoms. The molecule has 1 rings (SSSR count). The third-order valence-corrected chi connectivity index (χ3v) is 1.95. The van der Waals surface area contributed by atoms with E-state index in [9.17, 15) is 4.79 Å². The minimum absolute atomic E-state index is 0.176. The van der Waals surface area contributed by atoms with Crippen molar-refractivity contribution in [3.05, 3.63) is 23.8 Å². The molecule has 0 spiro atoms. The summed E-state index contributed by atoms with van der Waals surface area (Å²) in [6, 6.07) is 0. The minimum Gasteiger partial charge on any atom is -0.466 e. The van der Waals surface area contributed by atoms with Crippen LogP contribution in [-0.2, 0) is 16.1 Å². The van der Waals surface area contributed by atoms with Crippen molar-refractivity contribution in [2.45, 2.75) is 26.8 Å². The predicted molar refractivity (Wildman–Crippen MR) is 59.7 cm³/mol. The zero-order valence-corrected chi connectivity index (χ0v) is 9.69. The highest BCUT2D eigenvalue weighted by molar-refractivity contribution is 5.69. The van der Waals surface area contributed by atoms with E-state index in [2.05, 4.69) is 15.3 Å². The predicted octanol–water partition coefficient (Wildman–Crippen LogP) is 0.828. The van der Waals surface area contributed by atoms with Gasteiger partial charge in [-0.3, -0.25) is 14.8 Å². The Hall–Kier alpha value is -1.49. The summed E-state index contributed by atoms with van der Waals surface area (Å²) in [6.45, 7) is 5.33. The molecule has 5 nitrogen and oxygen atoms in total. The van der Waals surface area contributed by atoms with Crippen molar-refractivity contribution in [3.63, 3.8) is 0 Å². The summed E-state index contributed by atoms with van der Waals surface area (Å²) in [5, 5.41) is 3.11. The average Bonchev–Trinajstić information content (AvgIpc) is 2.27. The SMILES string of the molecule is CCOC(=O)CCNCc1cnc(C)cn1. The van der Waals surface area contributed by atoms with Crippen LogP contribution in [0, 0.1) is 6.92 Å². The fraction of sp³-hybridized carbons (Fsp3) is 0.545. The number of nitrogens with one attached hydrogen (secondary N) is 1. The Morgan fingerprint density at radius 3 is 2.88 bits per heavy atom. The van der Waals surface area contributed by atoms with Gasteiger partial charge in [-0.2, -0.15) is 0 Å². The molecule has 0 unspecified atom stereocenters. The lowest BCUT2D eigenvalue weighted by Gasteiger charge is -2.04. The van der Waals surface area contributed by atoms with Crippen LogP contribution in [0.1, 0.15) is 24.7 Å². The number of carbonyl (C=O) groups is 1. The molecule has 0 aliphatic carbocycles. The van der Waals surface area contributed by atoms with Crippen LogP contribution < -0.4 is 5.32 Å². The van der Waals surface area contributed by atoms with E-state index >= 15 is 0 Å². The molecule has 0 atom stereocenters. The van der Waals surface area contributed by atoms with Crippen molar-refractivity contribution in [2.24, 2.45) is 0 Å². The van der Waals surface area contributed by atoms with E-state index in [0.29, 0.717) is 26.1 Å². The summed E-state index contributed by atoms with van der Waals surface area (Å²) in [5.74, 6) is -0.176. The highest BCUT2D eigenvalue weighted by Crippen LogP contribution is 1.93. The van der Waals surface area contributed by atoms with Gasteiger partial charge in [0.25, 0.3) is 0 Å². The molecule has 0 fully saturated rings. The molecule has 0 aliphatic rings. The van der Waals surface area contributed by atoms with E-state index in [1.807, 2.05) is 6.92 Å². The first-order valence-electron chi connectivity index (χ1n) is 5.36. The summed E-state index contributed by atoms with van der Waals surface area (Å²) in [6.07, 6.45) is 3.84. The standard InChI is InChI=1S/C11H17N3O2/c1-3-16-11(15)4-5-12-7-10-8-13-9(2)6-14-10/h6,8,12H,3-5,7H2,1-2H3. The third-order valence-electron chi connectivity index (χ3n) is 1.95. The molecule has 1 aromatic rings. The normalized spacial score (nSPS) is 10.1. The van der Waals surface area contributed by atoms with E-state index in [4.69, 9.17) is 4.74 Å². The molecule has 0 radical (unpaired) electrons. The van der Waals surface area contributed by atoms with Gasteiger partial charge >= 0.3 is 5.97 Å². The zero-order chi connectivity index (χ0) is 11.8. The van der Waals surface area contributed by atoms with Crippen LogP contribution in [-0.4, -0.2) is 29.1 Å². The largest absolute Gasteiger partial charge is 0.466 e. The molecule has 1 heterocycles. The van der Waals surface area contributed by atoms with Gasteiger partial charge in [-0.1, -0.05) is 0 Å². The van der Waals surface area contributed by atoms with E-state index in [1.54, 1.807) is 19.3 Å². The second-order valence-electron chi connectivity index (χ2n) is 3.38. The molecule has 16 heavy (non-hydrogen) atoms. The summed E-state index contributed by atoms with van der Waals surface area (Å²) < 4.78 is 4.80. The van der Waals surface area contributed by atoms with E-state index in [0.717, 1.165) is 11.4 Å². The first kappa shape index (κ1) is 12.6. The number of hydrogen-bond acceptors (Lipinski definition) is 5. The minimum atomic E-state index is -0.176. The molecule has 0 saturated heterocycles. The van der Waals surface area contributed by atoms with E-state index in [1.165, 1.54) is 0 Å². The molecule has 88 valence electrons. The Bertz CT molecular complexity index is 325. The molecule has 0 aromatic carbocycles. The summed E-state index contributed by atoms with van der Waals surface area (Å²) in [5.41, 5.74) is 1.77. The Kier molecular flexibility index (Phi) is 5.42. The second-order valence-corrected chi connectivity index (χ2v) is 3.38. The van der Waals surface area contributed by atoms with Gasteiger partial charge in [0.15, 0.2) is 0 Å². The maximum Gasteiger partial charge on any atom is 0.307 e. The highest BCUT2D eigenvalue weighted by Gasteiger charge is 2.00. The second kappa shape index (κ2) is 6.90. The van der Waals surface area contributed by atoms with Crippen molar-refractivity contribution in [2.75, 3.05) is 13.2 Å². The van der Waals surface area contributed by atoms with Gasteiger partial charge in [-0.25, -0.2) is 0 Å². The first-order valence-corrected chi connectivity index (χ1v) is 5.36. The lowest BCUT2D eigenvalue weighted by Crippen LogP contribution is -2.19. The summed E-state index contributed by atoms with van der Waals surface area (Å²) in [7, 11) is 0. The molecular weight excluding hydrogens is 206 g/mol. The van der Waals surface area contributed by atoms with Crippen molar-refractivity contribution in [1.82, 2.24) is 15.3 Å². The van der Waals surface area contributed by atoms with Crippen LogP contribution >= 0.6 is 0 Å². The Labute approximate surface area is 95.3 Å². The molecular formula is C11H17N3O2. The quantitative estimate of drug-likeness (QED) is 0.571. The number of hydrogen-bond donors (Lipinski definition) is 1. The van der Waals surface area contributed by atoms with E-state index in [-0.39, 0.29) is 5.97 Å². The highest BCUT2D eigenvalue weighted by atomic mass is 16.5. The number of ether oxygens (including phenoxy) is 1. The molecule has 5 heteroatoms. The van der Waals surface area contributed by atoms with Crippen LogP contribution in [0.15, 0.2) is 12.4 Å². The van der Waals surface area contributed by atoms with Crippen LogP contribution in [0.25, 0.3) is 0 Å². The molecule has 1 aromatic heterocycles.